The van der Waals surface area contributed by atoms with Crippen molar-refractivity contribution in [2.24, 2.45) is 0 Å². The molecule has 0 saturated heterocycles. The number of hydrogen-bond donors (Lipinski definition) is 0. The highest BCUT2D eigenvalue weighted by Crippen LogP contribution is 2.24. The average Bonchev–Trinajstić information content (AvgIpc) is 3.09. The molecule has 7 nitrogen and oxygen atoms in total. The Morgan fingerprint density at radius 3 is 2.74 bits per heavy atom. The standard InChI is InChI=1S/C19H18N4O3S/c1-2-11-22-18(15-7-4-3-5-8-15)20-21-19(22)27-13-12-26-17-10-6-9-16(14-17)23(24)25/h2-10,14H,1,11-13H2. The van der Waals surface area contributed by atoms with Crippen molar-refractivity contribution in [3.8, 4) is 17.1 Å². The molecule has 0 radical (unpaired) electrons. The molecule has 8 heteroatoms. The summed E-state index contributed by atoms with van der Waals surface area (Å²) in [5.74, 6) is 1.90. The monoisotopic (exact) mass is 382 g/mol. The number of thioether (sulfide) groups is 1. The summed E-state index contributed by atoms with van der Waals surface area (Å²) in [5, 5.41) is 20.2. The van der Waals surface area contributed by atoms with E-state index >= 15 is 0 Å². The van der Waals surface area contributed by atoms with Crippen LogP contribution in [-0.4, -0.2) is 32.0 Å². The molecule has 3 aromatic rings. The van der Waals surface area contributed by atoms with Crippen molar-refractivity contribution in [1.29, 1.82) is 0 Å². The van der Waals surface area contributed by atoms with Crippen LogP contribution in [0.1, 0.15) is 0 Å². The topological polar surface area (TPSA) is 83.1 Å². The van der Waals surface area contributed by atoms with Crippen LogP contribution >= 0.6 is 11.8 Å². The fraction of sp³-hybridized carbons (Fsp3) is 0.158. The molecule has 138 valence electrons. The predicted molar refractivity (Wildman–Crippen MR) is 105 cm³/mol. The summed E-state index contributed by atoms with van der Waals surface area (Å²) in [6.07, 6.45) is 1.81. The van der Waals surface area contributed by atoms with Crippen LogP contribution in [0.2, 0.25) is 0 Å². The molecule has 0 atom stereocenters. The maximum absolute atomic E-state index is 10.8. The number of nitro benzene ring substituents is 1. The Morgan fingerprint density at radius 2 is 2.00 bits per heavy atom. The van der Waals surface area contributed by atoms with Gasteiger partial charge in [0.25, 0.3) is 5.69 Å². The minimum Gasteiger partial charge on any atom is -0.492 e. The van der Waals surface area contributed by atoms with Gasteiger partial charge in [-0.25, -0.2) is 0 Å². The molecule has 0 amide bonds. The first-order valence-electron chi connectivity index (χ1n) is 8.28. The zero-order valence-electron chi connectivity index (χ0n) is 14.5. The van der Waals surface area contributed by atoms with Crippen molar-refractivity contribution in [3.63, 3.8) is 0 Å². The molecular formula is C19H18N4O3S. The van der Waals surface area contributed by atoms with Crippen LogP contribution in [0.5, 0.6) is 5.75 Å². The molecule has 0 bridgehead atoms. The number of non-ortho nitro benzene ring substituents is 1. The summed E-state index contributed by atoms with van der Waals surface area (Å²) in [5.41, 5.74) is 1.00. The van der Waals surface area contributed by atoms with Crippen LogP contribution < -0.4 is 4.74 Å². The van der Waals surface area contributed by atoms with Gasteiger partial charge in [0.15, 0.2) is 11.0 Å². The molecule has 0 aliphatic carbocycles. The zero-order valence-corrected chi connectivity index (χ0v) is 15.3. The van der Waals surface area contributed by atoms with Crippen molar-refractivity contribution in [3.05, 3.63) is 77.4 Å². The van der Waals surface area contributed by atoms with Gasteiger partial charge in [-0.2, -0.15) is 0 Å². The number of rotatable bonds is 9. The summed E-state index contributed by atoms with van der Waals surface area (Å²) in [4.78, 5) is 10.4. The fourth-order valence-electron chi connectivity index (χ4n) is 2.47. The van der Waals surface area contributed by atoms with E-state index in [4.69, 9.17) is 4.74 Å². The number of nitrogens with zero attached hydrogens (tertiary/aromatic N) is 4. The molecule has 1 aromatic heterocycles. The smallest absolute Gasteiger partial charge is 0.273 e. The predicted octanol–water partition coefficient (Wildman–Crippen LogP) is 4.21. The van der Waals surface area contributed by atoms with Gasteiger partial charge in [-0.05, 0) is 6.07 Å². The van der Waals surface area contributed by atoms with E-state index in [1.54, 1.807) is 18.2 Å². The number of allylic oxidation sites excluding steroid dienone is 1. The summed E-state index contributed by atoms with van der Waals surface area (Å²) < 4.78 is 7.61. The second-order valence-electron chi connectivity index (χ2n) is 5.52. The Balaban J connectivity index is 1.63. The average molecular weight is 382 g/mol. The van der Waals surface area contributed by atoms with Gasteiger partial charge in [-0.15, -0.1) is 16.8 Å². The summed E-state index contributed by atoms with van der Waals surface area (Å²) in [7, 11) is 0. The van der Waals surface area contributed by atoms with Gasteiger partial charge in [0.2, 0.25) is 0 Å². The van der Waals surface area contributed by atoms with Gasteiger partial charge in [0.1, 0.15) is 5.75 Å². The molecule has 0 N–H and O–H groups in total. The van der Waals surface area contributed by atoms with Gasteiger partial charge in [0.05, 0.1) is 17.6 Å². The number of nitro groups is 1. The molecule has 27 heavy (non-hydrogen) atoms. The summed E-state index contributed by atoms with van der Waals surface area (Å²) in [6.45, 7) is 4.80. The third-order valence-corrected chi connectivity index (χ3v) is 4.60. The van der Waals surface area contributed by atoms with Crippen LogP contribution in [0.4, 0.5) is 5.69 Å². The second kappa shape index (κ2) is 9.00. The zero-order chi connectivity index (χ0) is 19.1. The Labute approximate surface area is 160 Å². The van der Waals surface area contributed by atoms with E-state index in [1.807, 2.05) is 34.9 Å². The lowest BCUT2D eigenvalue weighted by Crippen LogP contribution is -2.04. The van der Waals surface area contributed by atoms with Crippen molar-refractivity contribution < 1.29 is 9.66 Å². The molecule has 1 heterocycles. The number of aromatic nitrogens is 3. The van der Waals surface area contributed by atoms with Crippen molar-refractivity contribution in [2.75, 3.05) is 12.4 Å². The molecular weight excluding hydrogens is 364 g/mol. The normalized spacial score (nSPS) is 10.5. The minimum absolute atomic E-state index is 0.0124. The molecule has 0 unspecified atom stereocenters. The summed E-state index contributed by atoms with van der Waals surface area (Å²) in [6, 6.07) is 16.0. The lowest BCUT2D eigenvalue weighted by Gasteiger charge is -2.08. The van der Waals surface area contributed by atoms with Crippen LogP contribution in [0, 0.1) is 10.1 Å². The first kappa shape index (κ1) is 18.7. The fourth-order valence-corrected chi connectivity index (χ4v) is 3.23. The molecule has 0 saturated carbocycles. The van der Waals surface area contributed by atoms with Crippen LogP contribution in [0.15, 0.2) is 72.4 Å². The van der Waals surface area contributed by atoms with Gasteiger partial charge < -0.3 is 4.74 Å². The molecule has 0 aliphatic rings. The van der Waals surface area contributed by atoms with Gasteiger partial charge >= 0.3 is 0 Å². The molecule has 3 rings (SSSR count). The maximum Gasteiger partial charge on any atom is 0.273 e. The van der Waals surface area contributed by atoms with Gasteiger partial charge in [-0.3, -0.25) is 14.7 Å². The van der Waals surface area contributed by atoms with E-state index in [0.717, 1.165) is 16.5 Å². The third-order valence-electron chi connectivity index (χ3n) is 3.67. The van der Waals surface area contributed by atoms with E-state index in [-0.39, 0.29) is 5.69 Å². The third kappa shape index (κ3) is 4.73. The minimum atomic E-state index is -0.440. The Hall–Kier alpha value is -3.13. The highest BCUT2D eigenvalue weighted by Gasteiger charge is 2.13. The Bertz CT molecular complexity index is 928. The quantitative estimate of drug-likeness (QED) is 0.181. The SMILES string of the molecule is C=CCn1c(SCCOc2cccc([N+](=O)[O-])c2)nnc1-c1ccccc1. The van der Waals surface area contributed by atoms with E-state index in [1.165, 1.54) is 23.9 Å². The second-order valence-corrected chi connectivity index (χ2v) is 6.58. The number of benzene rings is 2. The highest BCUT2D eigenvalue weighted by atomic mass is 32.2. The van der Waals surface area contributed by atoms with E-state index < -0.39 is 4.92 Å². The van der Waals surface area contributed by atoms with Crippen LogP contribution in [0.25, 0.3) is 11.4 Å². The van der Waals surface area contributed by atoms with Crippen molar-refractivity contribution in [1.82, 2.24) is 14.8 Å². The molecule has 0 aliphatic heterocycles. The first-order valence-corrected chi connectivity index (χ1v) is 9.27. The van der Waals surface area contributed by atoms with E-state index in [9.17, 15) is 10.1 Å². The largest absolute Gasteiger partial charge is 0.492 e. The highest BCUT2D eigenvalue weighted by molar-refractivity contribution is 7.99. The van der Waals surface area contributed by atoms with Crippen molar-refractivity contribution in [2.45, 2.75) is 11.7 Å². The van der Waals surface area contributed by atoms with E-state index in [0.29, 0.717) is 24.7 Å². The Kier molecular flexibility index (Phi) is 6.22. The summed E-state index contributed by atoms with van der Waals surface area (Å²) >= 11 is 1.51. The van der Waals surface area contributed by atoms with E-state index in [2.05, 4.69) is 16.8 Å². The first-order chi connectivity index (χ1) is 13.2. The molecule has 2 aromatic carbocycles. The van der Waals surface area contributed by atoms with Gasteiger partial charge in [0, 0.05) is 23.9 Å². The van der Waals surface area contributed by atoms with Gasteiger partial charge in [-0.1, -0.05) is 54.2 Å². The lowest BCUT2D eigenvalue weighted by molar-refractivity contribution is -0.384. The Morgan fingerprint density at radius 1 is 1.19 bits per heavy atom. The van der Waals surface area contributed by atoms with Crippen LogP contribution in [0.3, 0.4) is 0 Å². The van der Waals surface area contributed by atoms with Crippen molar-refractivity contribution >= 4 is 17.4 Å². The van der Waals surface area contributed by atoms with Crippen LogP contribution in [-0.2, 0) is 6.54 Å². The molecule has 0 spiro atoms. The molecule has 0 fully saturated rings. The number of ether oxygens (including phenoxy) is 1. The lowest BCUT2D eigenvalue weighted by atomic mass is 10.2. The number of hydrogen-bond acceptors (Lipinski definition) is 6. The maximum atomic E-state index is 10.8.